The third kappa shape index (κ3) is 4.85. The number of aryl methyl sites for hydroxylation is 3. The van der Waals surface area contributed by atoms with Gasteiger partial charge in [0, 0.05) is 57.2 Å². The molecule has 0 saturated carbocycles. The van der Waals surface area contributed by atoms with Crippen LogP contribution in [0.2, 0.25) is 0 Å². The van der Waals surface area contributed by atoms with Crippen molar-refractivity contribution in [2.24, 2.45) is 0 Å². The van der Waals surface area contributed by atoms with Crippen LogP contribution in [0.1, 0.15) is 41.4 Å². The van der Waals surface area contributed by atoms with Gasteiger partial charge < -0.3 is 24.3 Å². The highest BCUT2D eigenvalue weighted by molar-refractivity contribution is 5.87. The van der Waals surface area contributed by atoms with Gasteiger partial charge in [-0.05, 0) is 44.4 Å². The maximum absolute atomic E-state index is 13.8. The van der Waals surface area contributed by atoms with Gasteiger partial charge in [0.2, 0.25) is 11.9 Å². The van der Waals surface area contributed by atoms with Gasteiger partial charge in [-0.2, -0.15) is 0 Å². The van der Waals surface area contributed by atoms with Gasteiger partial charge in [0.25, 0.3) is 0 Å². The number of anilines is 1. The molecule has 9 heteroatoms. The Bertz CT molecular complexity index is 1230. The SMILES string of the molecule is COCc1cccc(-c2oc(C)nc2CN2CCNC3(CCN(c4nc(C)cc(C)n4)CC3)C2=O)c1. The van der Waals surface area contributed by atoms with Crippen LogP contribution >= 0.6 is 0 Å². The van der Waals surface area contributed by atoms with Gasteiger partial charge in [-0.3, -0.25) is 4.79 Å². The highest BCUT2D eigenvalue weighted by Gasteiger charge is 2.46. The summed E-state index contributed by atoms with van der Waals surface area (Å²) >= 11 is 0. The summed E-state index contributed by atoms with van der Waals surface area (Å²) in [6.45, 7) is 9.63. The number of aromatic nitrogens is 3. The van der Waals surface area contributed by atoms with Crippen molar-refractivity contribution in [3.05, 3.63) is 58.9 Å². The maximum atomic E-state index is 13.8. The van der Waals surface area contributed by atoms with Crippen molar-refractivity contribution in [2.75, 3.05) is 38.2 Å². The summed E-state index contributed by atoms with van der Waals surface area (Å²) in [5, 5.41) is 3.55. The number of hydrogen-bond donors (Lipinski definition) is 1. The van der Waals surface area contributed by atoms with Crippen LogP contribution in [0.5, 0.6) is 0 Å². The van der Waals surface area contributed by atoms with Crippen molar-refractivity contribution in [1.29, 1.82) is 0 Å². The molecular formula is C27H34N6O3. The zero-order valence-corrected chi connectivity index (χ0v) is 21.5. The lowest BCUT2D eigenvalue weighted by molar-refractivity contribution is -0.143. The van der Waals surface area contributed by atoms with Crippen molar-refractivity contribution in [1.82, 2.24) is 25.2 Å². The molecule has 1 aromatic carbocycles. The van der Waals surface area contributed by atoms with Gasteiger partial charge in [-0.25, -0.2) is 15.0 Å². The topological polar surface area (TPSA) is 96.6 Å². The number of carbonyl (C=O) groups is 1. The van der Waals surface area contributed by atoms with E-state index in [0.29, 0.717) is 44.2 Å². The first-order valence-electron chi connectivity index (χ1n) is 12.5. The number of piperazine rings is 1. The number of nitrogens with zero attached hydrogens (tertiary/aromatic N) is 5. The van der Waals surface area contributed by atoms with Crippen molar-refractivity contribution in [2.45, 2.75) is 52.3 Å². The summed E-state index contributed by atoms with van der Waals surface area (Å²) < 4.78 is 11.3. The number of hydrogen-bond acceptors (Lipinski definition) is 8. The molecule has 2 saturated heterocycles. The van der Waals surface area contributed by atoms with Crippen molar-refractivity contribution >= 4 is 11.9 Å². The molecule has 9 nitrogen and oxygen atoms in total. The molecule has 0 radical (unpaired) electrons. The van der Waals surface area contributed by atoms with Gasteiger partial charge in [0.05, 0.1) is 13.2 Å². The second-order valence-electron chi connectivity index (χ2n) is 9.82. The van der Waals surface area contributed by atoms with Crippen molar-refractivity contribution < 1.29 is 13.9 Å². The summed E-state index contributed by atoms with van der Waals surface area (Å²) in [5.74, 6) is 2.19. The number of ether oxygens (including phenoxy) is 1. The molecule has 4 heterocycles. The number of nitrogens with one attached hydrogen (secondary N) is 1. The lowest BCUT2D eigenvalue weighted by atomic mass is 9.84. The highest BCUT2D eigenvalue weighted by Crippen LogP contribution is 2.32. The van der Waals surface area contributed by atoms with Gasteiger partial charge >= 0.3 is 0 Å². The summed E-state index contributed by atoms with van der Waals surface area (Å²) in [7, 11) is 1.68. The summed E-state index contributed by atoms with van der Waals surface area (Å²) in [5.41, 5.74) is 4.15. The molecule has 5 rings (SSSR count). The predicted molar refractivity (Wildman–Crippen MR) is 136 cm³/mol. The molecule has 0 aliphatic carbocycles. The molecule has 2 fully saturated rings. The molecule has 190 valence electrons. The third-order valence-corrected chi connectivity index (χ3v) is 7.06. The third-order valence-electron chi connectivity index (χ3n) is 7.06. The lowest BCUT2D eigenvalue weighted by Crippen LogP contribution is -2.67. The number of rotatable bonds is 6. The van der Waals surface area contributed by atoms with Crippen LogP contribution in [0.3, 0.4) is 0 Å². The zero-order valence-electron chi connectivity index (χ0n) is 21.5. The molecule has 3 aromatic rings. The fourth-order valence-electron chi connectivity index (χ4n) is 5.34. The van der Waals surface area contributed by atoms with Gasteiger partial charge in [0.15, 0.2) is 11.7 Å². The molecular weight excluding hydrogens is 456 g/mol. The average Bonchev–Trinajstić information content (AvgIpc) is 3.22. The van der Waals surface area contributed by atoms with Crippen molar-refractivity contribution in [3.8, 4) is 11.3 Å². The van der Waals surface area contributed by atoms with Crippen LogP contribution in [0.15, 0.2) is 34.7 Å². The Morgan fingerprint density at radius 3 is 2.53 bits per heavy atom. The number of methoxy groups -OCH3 is 1. The number of oxazole rings is 1. The first-order valence-corrected chi connectivity index (χ1v) is 12.5. The minimum absolute atomic E-state index is 0.134. The molecule has 2 aromatic heterocycles. The van der Waals surface area contributed by atoms with Crippen LogP contribution < -0.4 is 10.2 Å². The average molecular weight is 491 g/mol. The largest absolute Gasteiger partial charge is 0.441 e. The molecule has 1 N–H and O–H groups in total. The van der Waals surface area contributed by atoms with Gasteiger partial charge in [-0.15, -0.1) is 0 Å². The predicted octanol–water partition coefficient (Wildman–Crippen LogP) is 3.17. The normalized spacial score (nSPS) is 17.7. The van der Waals surface area contributed by atoms with Crippen molar-refractivity contribution in [3.63, 3.8) is 0 Å². The summed E-state index contributed by atoms with van der Waals surface area (Å²) in [6.07, 6.45) is 1.42. The Kier molecular flexibility index (Phi) is 6.77. The Hall–Kier alpha value is -3.30. The highest BCUT2D eigenvalue weighted by atomic mass is 16.5. The molecule has 2 aliphatic heterocycles. The molecule has 0 bridgehead atoms. The van der Waals surface area contributed by atoms with Crippen LogP contribution in [-0.4, -0.2) is 64.6 Å². The zero-order chi connectivity index (χ0) is 25.3. The monoisotopic (exact) mass is 490 g/mol. The molecule has 1 spiro atoms. The van der Waals surface area contributed by atoms with E-state index in [0.717, 1.165) is 53.8 Å². The number of amides is 1. The lowest BCUT2D eigenvalue weighted by Gasteiger charge is -2.46. The maximum Gasteiger partial charge on any atom is 0.243 e. The smallest absolute Gasteiger partial charge is 0.243 e. The van der Waals surface area contributed by atoms with Gasteiger partial charge in [-0.1, -0.05) is 18.2 Å². The minimum atomic E-state index is -0.565. The summed E-state index contributed by atoms with van der Waals surface area (Å²) in [4.78, 5) is 31.8. The van der Waals surface area contributed by atoms with E-state index in [1.165, 1.54) is 0 Å². The number of benzene rings is 1. The Morgan fingerprint density at radius 1 is 1.06 bits per heavy atom. The minimum Gasteiger partial charge on any atom is -0.441 e. The van der Waals surface area contributed by atoms with Crippen LogP contribution in [0, 0.1) is 20.8 Å². The van der Waals surface area contributed by atoms with E-state index in [9.17, 15) is 4.79 Å². The number of piperidine rings is 1. The molecule has 36 heavy (non-hydrogen) atoms. The van der Waals surface area contributed by atoms with E-state index in [1.54, 1.807) is 7.11 Å². The van der Waals surface area contributed by atoms with Crippen LogP contribution in [0.25, 0.3) is 11.3 Å². The molecule has 1 amide bonds. The molecule has 0 atom stereocenters. The quantitative estimate of drug-likeness (QED) is 0.563. The number of carbonyl (C=O) groups excluding carboxylic acids is 1. The van der Waals surface area contributed by atoms with E-state index in [-0.39, 0.29) is 5.91 Å². The van der Waals surface area contributed by atoms with E-state index < -0.39 is 5.54 Å². The van der Waals surface area contributed by atoms with E-state index in [1.807, 2.05) is 49.9 Å². The second-order valence-corrected chi connectivity index (χ2v) is 9.82. The Balaban J connectivity index is 1.32. The first-order chi connectivity index (χ1) is 17.4. The fraction of sp³-hybridized carbons (Fsp3) is 0.481. The van der Waals surface area contributed by atoms with Gasteiger partial charge in [0.1, 0.15) is 11.2 Å². The Labute approximate surface area is 211 Å². The first kappa shape index (κ1) is 24.4. The molecule has 0 unspecified atom stereocenters. The van der Waals surface area contributed by atoms with E-state index >= 15 is 0 Å². The van der Waals surface area contributed by atoms with Crippen LogP contribution in [-0.2, 0) is 22.7 Å². The van der Waals surface area contributed by atoms with E-state index in [2.05, 4.69) is 31.2 Å². The van der Waals surface area contributed by atoms with Crippen LogP contribution in [0.4, 0.5) is 5.95 Å². The second kappa shape index (κ2) is 9.99. The van der Waals surface area contributed by atoms with E-state index in [4.69, 9.17) is 9.15 Å². The Morgan fingerprint density at radius 2 is 1.81 bits per heavy atom. The standard InChI is InChI=1S/C27H34N6O3/c1-18-14-19(2)30-26(29-18)32-11-8-27(9-12-32)25(34)33(13-10-28-27)16-23-24(36-20(3)31-23)22-7-5-6-21(15-22)17-35-4/h5-7,14-15,28H,8-13,16-17H2,1-4H3. The summed E-state index contributed by atoms with van der Waals surface area (Å²) in [6, 6.07) is 10.1. The molecule has 2 aliphatic rings. The fourth-order valence-corrected chi connectivity index (χ4v) is 5.34.